The summed E-state index contributed by atoms with van der Waals surface area (Å²) in [4.78, 5) is 30.9. The van der Waals surface area contributed by atoms with E-state index >= 15 is 0 Å². The Kier molecular flexibility index (Phi) is 11.5. The van der Waals surface area contributed by atoms with Crippen LogP contribution in [0.2, 0.25) is 10.0 Å². The molecule has 0 spiro atoms. The monoisotopic (exact) mass is 739 g/mol. The molecule has 50 heavy (non-hydrogen) atoms. The van der Waals surface area contributed by atoms with E-state index in [0.717, 1.165) is 48.5 Å². The molecular formula is C37H39Cl2N3O7S. The molecule has 0 amide bonds. The molecule has 0 aliphatic carbocycles. The lowest BCUT2D eigenvalue weighted by atomic mass is 9.86. The number of pyridine rings is 1. The van der Waals surface area contributed by atoms with Crippen LogP contribution in [0.15, 0.2) is 67.0 Å². The summed E-state index contributed by atoms with van der Waals surface area (Å²) in [5.74, 6) is 0.505. The number of esters is 2. The van der Waals surface area contributed by atoms with Crippen molar-refractivity contribution in [3.8, 4) is 11.5 Å². The van der Waals surface area contributed by atoms with Gasteiger partial charge in [0.2, 0.25) is 0 Å². The van der Waals surface area contributed by atoms with Crippen molar-refractivity contribution in [1.29, 1.82) is 0 Å². The van der Waals surface area contributed by atoms with Crippen LogP contribution in [0.4, 0.5) is 0 Å². The quantitative estimate of drug-likeness (QED) is 0.0918. The molecule has 2 aromatic heterocycles. The molecule has 10 nitrogen and oxygen atoms in total. The van der Waals surface area contributed by atoms with Crippen molar-refractivity contribution in [3.63, 3.8) is 0 Å². The Hall–Kier alpha value is -3.87. The maximum absolute atomic E-state index is 13.7. The molecule has 3 aliphatic rings. The minimum Gasteiger partial charge on any atom is -0.619 e. The summed E-state index contributed by atoms with van der Waals surface area (Å²) in [7, 11) is 3.05. The van der Waals surface area contributed by atoms with Gasteiger partial charge in [-0.3, -0.25) is 10.2 Å². The molecular weight excluding hydrogens is 701 g/mol. The Morgan fingerprint density at radius 3 is 2.40 bits per heavy atom. The lowest BCUT2D eigenvalue weighted by Gasteiger charge is -2.44. The molecule has 1 N–H and O–H groups in total. The predicted octanol–water partition coefficient (Wildman–Crippen LogP) is 6.62. The van der Waals surface area contributed by atoms with E-state index in [1.165, 1.54) is 38.0 Å². The van der Waals surface area contributed by atoms with Gasteiger partial charge in [0.05, 0.1) is 14.2 Å². The highest BCUT2D eigenvalue weighted by Gasteiger charge is 2.38. The molecule has 3 fully saturated rings. The van der Waals surface area contributed by atoms with Crippen LogP contribution in [-0.4, -0.2) is 56.8 Å². The van der Waals surface area contributed by atoms with Gasteiger partial charge in [-0.15, -0.1) is 11.3 Å². The highest BCUT2D eigenvalue weighted by Crippen LogP contribution is 2.36. The average molecular weight is 741 g/mol. The minimum atomic E-state index is -0.838. The summed E-state index contributed by atoms with van der Waals surface area (Å²) >= 11 is 14.1. The molecule has 2 bridgehead atoms. The second-order valence-electron chi connectivity index (χ2n) is 12.6. The fraction of sp³-hybridized carbons (Fsp3) is 0.378. The van der Waals surface area contributed by atoms with Crippen molar-refractivity contribution in [2.24, 2.45) is 5.92 Å². The smallest absolute Gasteiger partial charge is 0.348 e. The number of carbonyl (C=O) groups is 2. The Labute approximate surface area is 305 Å². The Bertz CT molecular complexity index is 1820. The second-order valence-corrected chi connectivity index (χ2v) is 14.5. The minimum absolute atomic E-state index is 0.0966. The number of carbonyl (C=O) groups excluding carboxylic acids is 2. The van der Waals surface area contributed by atoms with E-state index in [0.29, 0.717) is 44.7 Å². The van der Waals surface area contributed by atoms with Crippen LogP contribution in [0, 0.1) is 18.0 Å². The number of aromatic nitrogens is 1. The van der Waals surface area contributed by atoms with E-state index < -0.39 is 18.1 Å². The number of nitrogens with one attached hydrogen (secondary N) is 1. The number of fused-ring (bicyclic) bond motifs is 3. The number of hydrogen-bond acceptors (Lipinski definition) is 10. The molecule has 2 aromatic carbocycles. The summed E-state index contributed by atoms with van der Waals surface area (Å²) in [6.07, 6.45) is 3.65. The number of piperidine rings is 3. The van der Waals surface area contributed by atoms with Gasteiger partial charge in [-0.05, 0) is 79.7 Å². The van der Waals surface area contributed by atoms with Crippen molar-refractivity contribution in [2.45, 2.75) is 51.0 Å². The van der Waals surface area contributed by atoms with Crippen LogP contribution in [-0.2, 0) is 27.2 Å². The van der Waals surface area contributed by atoms with Gasteiger partial charge in [-0.1, -0.05) is 53.5 Å². The summed E-state index contributed by atoms with van der Waals surface area (Å²) < 4.78 is 23.6. The molecule has 4 aromatic rings. The lowest BCUT2D eigenvalue weighted by Crippen LogP contribution is -2.52. The van der Waals surface area contributed by atoms with E-state index in [-0.39, 0.29) is 28.5 Å². The summed E-state index contributed by atoms with van der Waals surface area (Å²) in [5.41, 5.74) is 2.91. The van der Waals surface area contributed by atoms with Crippen LogP contribution in [0.3, 0.4) is 0 Å². The van der Waals surface area contributed by atoms with E-state index in [9.17, 15) is 14.8 Å². The first-order chi connectivity index (χ1) is 24.1. The van der Waals surface area contributed by atoms with Crippen LogP contribution < -0.4 is 19.5 Å². The lowest BCUT2D eigenvalue weighted by molar-refractivity contribution is -0.605. The second kappa shape index (κ2) is 16.0. The zero-order valence-corrected chi connectivity index (χ0v) is 30.4. The Morgan fingerprint density at radius 2 is 1.74 bits per heavy atom. The van der Waals surface area contributed by atoms with Crippen molar-refractivity contribution >= 4 is 46.5 Å². The van der Waals surface area contributed by atoms with Crippen LogP contribution >= 0.6 is 34.5 Å². The van der Waals surface area contributed by atoms with Crippen molar-refractivity contribution in [3.05, 3.63) is 114 Å². The Morgan fingerprint density at radius 1 is 1.02 bits per heavy atom. The SMILES string of the molecule is COc1ccc(C(Cc2c(Cl)c[n+]([O-])cc2Cl)OC(=O)c2ccc(CN[C@H](C(=O)O[C@H]3CN4CCC3CC4)c3ccccc3C)s2)cc1OC. The zero-order valence-electron chi connectivity index (χ0n) is 28.0. The van der Waals surface area contributed by atoms with Gasteiger partial charge in [0, 0.05) is 30.0 Å². The van der Waals surface area contributed by atoms with Gasteiger partial charge in [0.1, 0.15) is 33.2 Å². The highest BCUT2D eigenvalue weighted by molar-refractivity contribution is 7.13. The third-order valence-electron chi connectivity index (χ3n) is 9.42. The zero-order chi connectivity index (χ0) is 35.4. The molecule has 3 atom stereocenters. The number of methoxy groups -OCH3 is 2. The average Bonchev–Trinajstić information content (AvgIpc) is 3.59. The van der Waals surface area contributed by atoms with E-state index in [4.69, 9.17) is 42.1 Å². The Balaban J connectivity index is 1.19. The molecule has 3 saturated heterocycles. The molecule has 5 heterocycles. The van der Waals surface area contributed by atoms with Crippen molar-refractivity contribution in [2.75, 3.05) is 33.9 Å². The van der Waals surface area contributed by atoms with E-state index in [1.807, 2.05) is 37.3 Å². The van der Waals surface area contributed by atoms with Crippen molar-refractivity contribution < 1.29 is 33.3 Å². The van der Waals surface area contributed by atoms with Gasteiger partial charge < -0.3 is 24.2 Å². The third-order valence-corrected chi connectivity index (χ3v) is 11.1. The predicted molar refractivity (Wildman–Crippen MR) is 191 cm³/mol. The molecule has 0 saturated carbocycles. The summed E-state index contributed by atoms with van der Waals surface area (Å²) in [6.45, 7) is 5.21. The van der Waals surface area contributed by atoms with Crippen LogP contribution in [0.25, 0.3) is 0 Å². The topological polar surface area (TPSA) is 113 Å². The number of thiophene rings is 1. The fourth-order valence-corrected chi connectivity index (χ4v) is 8.10. The number of rotatable bonds is 13. The largest absolute Gasteiger partial charge is 0.619 e. The molecule has 264 valence electrons. The fourth-order valence-electron chi connectivity index (χ4n) is 6.66. The van der Waals surface area contributed by atoms with Crippen molar-refractivity contribution in [1.82, 2.24) is 10.2 Å². The van der Waals surface area contributed by atoms with Gasteiger partial charge in [0.25, 0.3) is 0 Å². The first kappa shape index (κ1) is 35.9. The highest BCUT2D eigenvalue weighted by atomic mass is 35.5. The molecule has 13 heteroatoms. The standard InChI is InChI=1S/C37H39Cl2N3O7S/c1-22-6-4-5-7-26(22)35(37(44)49-33-21-41-14-12-23(33)13-15-41)40-18-25-9-11-34(50-25)36(43)48-31(17-27-28(38)19-42(45)20-29(27)39)24-8-10-30(46-2)32(16-24)47-3/h4-11,16,19-20,23,31,33,35,40H,12-15,17-18,21H2,1-3H3/t31?,33-,35-/m0/s1. The number of ether oxygens (including phenoxy) is 4. The van der Waals surface area contributed by atoms with Gasteiger partial charge in [0.15, 0.2) is 23.9 Å². The van der Waals surface area contributed by atoms with Gasteiger partial charge >= 0.3 is 11.9 Å². The third kappa shape index (κ3) is 8.19. The first-order valence-corrected chi connectivity index (χ1v) is 18.0. The number of hydrogen-bond donors (Lipinski definition) is 1. The number of aryl methyl sites for hydroxylation is 1. The van der Waals surface area contributed by atoms with Gasteiger partial charge in [-0.25, -0.2) is 9.59 Å². The summed E-state index contributed by atoms with van der Waals surface area (Å²) in [5, 5.41) is 15.6. The normalized spacial score (nSPS) is 19.4. The van der Waals surface area contributed by atoms with E-state index in [1.54, 1.807) is 24.3 Å². The molecule has 1 unspecified atom stereocenters. The number of halogens is 2. The van der Waals surface area contributed by atoms with Crippen LogP contribution in [0.5, 0.6) is 11.5 Å². The van der Waals surface area contributed by atoms with E-state index in [2.05, 4.69) is 10.2 Å². The molecule has 0 radical (unpaired) electrons. The number of benzene rings is 2. The first-order valence-electron chi connectivity index (χ1n) is 16.4. The maximum Gasteiger partial charge on any atom is 0.348 e. The number of nitrogens with zero attached hydrogens (tertiary/aromatic N) is 2. The summed E-state index contributed by atoms with van der Waals surface area (Å²) in [6, 6.07) is 15.9. The van der Waals surface area contributed by atoms with Crippen LogP contribution in [0.1, 0.15) is 61.8 Å². The maximum atomic E-state index is 13.7. The molecule has 3 aliphatic heterocycles. The molecule has 7 rings (SSSR count). The van der Waals surface area contributed by atoms with Gasteiger partial charge in [-0.2, -0.15) is 4.73 Å².